The van der Waals surface area contributed by atoms with Gasteiger partial charge < -0.3 is 10.5 Å². The molecule has 3 nitrogen and oxygen atoms in total. The van der Waals surface area contributed by atoms with E-state index in [1.807, 2.05) is 0 Å². The minimum absolute atomic E-state index is 0.0745. The quantitative estimate of drug-likeness (QED) is 0.703. The maximum atomic E-state index is 11.3. The van der Waals surface area contributed by atoms with Gasteiger partial charge in [0.2, 0.25) is 0 Å². The molecule has 0 saturated heterocycles. The summed E-state index contributed by atoms with van der Waals surface area (Å²) in [5.74, 6) is 0.630. The van der Waals surface area contributed by atoms with E-state index in [1.165, 1.54) is 12.8 Å². The number of ether oxygens (including phenoxy) is 1. The highest BCUT2D eigenvalue weighted by Crippen LogP contribution is 2.25. The fourth-order valence-corrected chi connectivity index (χ4v) is 1.98. The lowest BCUT2D eigenvalue weighted by molar-refractivity contribution is -0.151. The van der Waals surface area contributed by atoms with Crippen molar-refractivity contribution in [2.24, 2.45) is 11.7 Å². The summed E-state index contributed by atoms with van der Waals surface area (Å²) < 4.78 is 5.37. The Kier molecular flexibility index (Phi) is 4.94. The van der Waals surface area contributed by atoms with Crippen molar-refractivity contribution in [3.63, 3.8) is 0 Å². The molecule has 1 aliphatic rings. The van der Waals surface area contributed by atoms with Crippen LogP contribution < -0.4 is 5.73 Å². The predicted molar refractivity (Wildman–Crippen MR) is 55.8 cm³/mol. The van der Waals surface area contributed by atoms with Crippen LogP contribution in [-0.2, 0) is 9.53 Å². The molecule has 3 heteroatoms. The second-order valence-corrected chi connectivity index (χ2v) is 4.28. The van der Waals surface area contributed by atoms with Gasteiger partial charge in [-0.15, -0.1) is 0 Å². The number of hydrogen-bond donors (Lipinski definition) is 1. The molecule has 1 fully saturated rings. The third-order valence-electron chi connectivity index (χ3n) is 2.77. The second-order valence-electron chi connectivity index (χ2n) is 4.28. The minimum atomic E-state index is -0.0745. The predicted octanol–water partition coefficient (Wildman–Crippen LogP) is 1.85. The molecule has 2 unspecified atom stereocenters. The minimum Gasteiger partial charge on any atom is -0.462 e. The van der Waals surface area contributed by atoms with Gasteiger partial charge in [0, 0.05) is 6.42 Å². The summed E-state index contributed by atoms with van der Waals surface area (Å²) in [6.07, 6.45) is 5.92. The lowest BCUT2D eigenvalue weighted by Crippen LogP contribution is -2.24. The SMILES string of the molecule is CC1CCCC(OC(=O)CCCN)C1. The van der Waals surface area contributed by atoms with Crippen LogP contribution in [-0.4, -0.2) is 18.6 Å². The normalized spacial score (nSPS) is 27.3. The van der Waals surface area contributed by atoms with E-state index < -0.39 is 0 Å². The van der Waals surface area contributed by atoms with Gasteiger partial charge in [-0.25, -0.2) is 0 Å². The van der Waals surface area contributed by atoms with E-state index >= 15 is 0 Å². The van der Waals surface area contributed by atoms with Gasteiger partial charge in [0.25, 0.3) is 0 Å². The number of hydrogen-bond acceptors (Lipinski definition) is 3. The largest absolute Gasteiger partial charge is 0.462 e. The topological polar surface area (TPSA) is 52.3 Å². The smallest absolute Gasteiger partial charge is 0.306 e. The average molecular weight is 199 g/mol. The van der Waals surface area contributed by atoms with E-state index in [-0.39, 0.29) is 12.1 Å². The number of esters is 1. The van der Waals surface area contributed by atoms with Crippen molar-refractivity contribution in [3.8, 4) is 0 Å². The standard InChI is InChI=1S/C11H21NO2/c1-9-4-2-5-10(8-9)14-11(13)6-3-7-12/h9-10H,2-8,12H2,1H3. The Labute approximate surface area is 86.0 Å². The zero-order valence-corrected chi connectivity index (χ0v) is 9.00. The van der Waals surface area contributed by atoms with Crippen LogP contribution in [0.5, 0.6) is 0 Å². The summed E-state index contributed by atoms with van der Waals surface area (Å²) in [4.78, 5) is 11.3. The summed E-state index contributed by atoms with van der Waals surface area (Å²) >= 11 is 0. The van der Waals surface area contributed by atoms with Crippen LogP contribution in [0.25, 0.3) is 0 Å². The van der Waals surface area contributed by atoms with Crippen LogP contribution in [0.15, 0.2) is 0 Å². The molecule has 0 heterocycles. The van der Waals surface area contributed by atoms with Crippen LogP contribution in [0.1, 0.15) is 45.4 Å². The molecular weight excluding hydrogens is 178 g/mol. The molecule has 0 aromatic carbocycles. The van der Waals surface area contributed by atoms with Crippen LogP contribution in [0.3, 0.4) is 0 Å². The van der Waals surface area contributed by atoms with Crippen molar-refractivity contribution in [1.29, 1.82) is 0 Å². The van der Waals surface area contributed by atoms with Crippen LogP contribution in [0, 0.1) is 5.92 Å². The van der Waals surface area contributed by atoms with Crippen LogP contribution >= 0.6 is 0 Å². The number of rotatable bonds is 4. The number of carbonyl (C=O) groups excluding carboxylic acids is 1. The van der Waals surface area contributed by atoms with Gasteiger partial charge in [0.1, 0.15) is 6.10 Å². The van der Waals surface area contributed by atoms with Crippen LogP contribution in [0.4, 0.5) is 0 Å². The van der Waals surface area contributed by atoms with E-state index in [2.05, 4.69) is 6.92 Å². The van der Waals surface area contributed by atoms with Crippen molar-refractivity contribution in [1.82, 2.24) is 0 Å². The van der Waals surface area contributed by atoms with Crippen LogP contribution in [0.2, 0.25) is 0 Å². The zero-order chi connectivity index (χ0) is 10.4. The van der Waals surface area contributed by atoms with Crippen molar-refractivity contribution in [2.75, 3.05) is 6.54 Å². The molecule has 0 aromatic heterocycles. The molecule has 1 saturated carbocycles. The summed E-state index contributed by atoms with van der Waals surface area (Å²) in [5.41, 5.74) is 5.32. The van der Waals surface area contributed by atoms with Gasteiger partial charge >= 0.3 is 5.97 Å². The molecule has 0 aliphatic heterocycles. The van der Waals surface area contributed by atoms with Gasteiger partial charge in [-0.2, -0.15) is 0 Å². The van der Waals surface area contributed by atoms with Crippen molar-refractivity contribution >= 4 is 5.97 Å². The molecule has 82 valence electrons. The van der Waals surface area contributed by atoms with E-state index in [4.69, 9.17) is 10.5 Å². The number of carbonyl (C=O) groups is 1. The van der Waals surface area contributed by atoms with Crippen molar-refractivity contribution < 1.29 is 9.53 Å². The molecule has 2 atom stereocenters. The first kappa shape index (κ1) is 11.5. The molecule has 0 bridgehead atoms. The first-order valence-corrected chi connectivity index (χ1v) is 5.62. The highest BCUT2D eigenvalue weighted by atomic mass is 16.5. The Morgan fingerprint density at radius 1 is 1.50 bits per heavy atom. The summed E-state index contributed by atoms with van der Waals surface area (Å²) in [5, 5.41) is 0. The summed E-state index contributed by atoms with van der Waals surface area (Å²) in [7, 11) is 0. The third-order valence-corrected chi connectivity index (χ3v) is 2.77. The molecule has 1 aliphatic carbocycles. The van der Waals surface area contributed by atoms with Crippen molar-refractivity contribution in [3.05, 3.63) is 0 Å². The zero-order valence-electron chi connectivity index (χ0n) is 9.00. The van der Waals surface area contributed by atoms with Crippen molar-refractivity contribution in [2.45, 2.75) is 51.6 Å². The Morgan fingerprint density at radius 3 is 2.93 bits per heavy atom. The maximum Gasteiger partial charge on any atom is 0.306 e. The van der Waals surface area contributed by atoms with Gasteiger partial charge in [0.15, 0.2) is 0 Å². The second kappa shape index (κ2) is 6.02. The van der Waals surface area contributed by atoms with E-state index in [9.17, 15) is 4.79 Å². The first-order chi connectivity index (χ1) is 6.72. The monoisotopic (exact) mass is 199 g/mol. The van der Waals surface area contributed by atoms with E-state index in [0.717, 1.165) is 19.3 Å². The lowest BCUT2D eigenvalue weighted by atomic mass is 9.89. The molecule has 14 heavy (non-hydrogen) atoms. The molecule has 1 rings (SSSR count). The molecule has 0 radical (unpaired) electrons. The Hall–Kier alpha value is -0.570. The molecule has 0 spiro atoms. The third kappa shape index (κ3) is 4.09. The molecule has 2 N–H and O–H groups in total. The van der Waals surface area contributed by atoms with Gasteiger partial charge in [-0.1, -0.05) is 13.3 Å². The fourth-order valence-electron chi connectivity index (χ4n) is 1.98. The number of nitrogens with two attached hydrogens (primary N) is 1. The Bertz CT molecular complexity index is 182. The summed E-state index contributed by atoms with van der Waals surface area (Å²) in [6.45, 7) is 2.79. The summed E-state index contributed by atoms with van der Waals surface area (Å²) in [6, 6.07) is 0. The van der Waals surface area contributed by atoms with E-state index in [1.54, 1.807) is 0 Å². The Balaban J connectivity index is 2.18. The Morgan fingerprint density at radius 2 is 2.29 bits per heavy atom. The molecule has 0 amide bonds. The maximum absolute atomic E-state index is 11.3. The van der Waals surface area contributed by atoms with E-state index in [0.29, 0.717) is 18.9 Å². The first-order valence-electron chi connectivity index (χ1n) is 5.62. The van der Waals surface area contributed by atoms with Gasteiger partial charge in [0.05, 0.1) is 0 Å². The average Bonchev–Trinajstić information content (AvgIpc) is 2.15. The lowest BCUT2D eigenvalue weighted by Gasteiger charge is -2.26. The fraction of sp³-hybridized carbons (Fsp3) is 0.909. The van der Waals surface area contributed by atoms with Gasteiger partial charge in [-0.3, -0.25) is 4.79 Å². The molecular formula is C11H21NO2. The highest BCUT2D eigenvalue weighted by Gasteiger charge is 2.21. The van der Waals surface area contributed by atoms with Gasteiger partial charge in [-0.05, 0) is 38.1 Å². The molecule has 0 aromatic rings. The highest BCUT2D eigenvalue weighted by molar-refractivity contribution is 5.69.